The van der Waals surface area contributed by atoms with Crippen LogP contribution in [0.3, 0.4) is 0 Å². The van der Waals surface area contributed by atoms with Gasteiger partial charge < -0.3 is 15.7 Å². The Labute approximate surface area is 129 Å². The smallest absolute Gasteiger partial charge is 0.315 e. The van der Waals surface area contributed by atoms with Crippen LogP contribution in [0.25, 0.3) is 0 Å². The maximum atomic E-state index is 12.3. The van der Waals surface area contributed by atoms with E-state index in [0.29, 0.717) is 11.8 Å². The fourth-order valence-electron chi connectivity index (χ4n) is 2.75. The summed E-state index contributed by atoms with van der Waals surface area (Å²) in [6.45, 7) is 3.87. The second-order valence-electron chi connectivity index (χ2n) is 6.59. The van der Waals surface area contributed by atoms with E-state index in [9.17, 15) is 9.90 Å². The lowest BCUT2D eigenvalue weighted by Gasteiger charge is -2.30. The minimum Gasteiger partial charge on any atom is -0.394 e. The highest BCUT2D eigenvalue weighted by molar-refractivity contribution is 7.09. The molecule has 5 nitrogen and oxygen atoms in total. The predicted octanol–water partition coefficient (Wildman–Crippen LogP) is 2.36. The first-order chi connectivity index (χ1) is 10.0. The van der Waals surface area contributed by atoms with Gasteiger partial charge in [-0.15, -0.1) is 11.3 Å². The van der Waals surface area contributed by atoms with Gasteiger partial charge in [0, 0.05) is 11.1 Å². The maximum Gasteiger partial charge on any atom is 0.315 e. The average molecular weight is 309 g/mol. The van der Waals surface area contributed by atoms with Crippen LogP contribution in [-0.4, -0.2) is 28.3 Å². The first-order valence-corrected chi connectivity index (χ1v) is 8.51. The standard InChI is InChI=1S/C15H23N3O2S/c1-9-7-21-13(16-9)12(10-3-4-10)17-14(20)18-15(2,8-19)11-5-6-11/h7,10-12,19H,3-6,8H2,1-2H3,(H2,17,18,20). The number of amides is 2. The van der Waals surface area contributed by atoms with E-state index in [-0.39, 0.29) is 18.7 Å². The summed E-state index contributed by atoms with van der Waals surface area (Å²) in [5.74, 6) is 0.900. The highest BCUT2D eigenvalue weighted by Gasteiger charge is 2.43. The molecule has 1 aromatic rings. The van der Waals surface area contributed by atoms with Gasteiger partial charge in [-0.3, -0.25) is 0 Å². The number of nitrogens with zero attached hydrogens (tertiary/aromatic N) is 1. The SMILES string of the molecule is Cc1csc(C(NC(=O)NC(C)(CO)C2CC2)C2CC2)n1. The third-order valence-electron chi connectivity index (χ3n) is 4.49. The fraction of sp³-hybridized carbons (Fsp3) is 0.733. The molecule has 2 atom stereocenters. The van der Waals surface area contributed by atoms with Crippen LogP contribution in [0.2, 0.25) is 0 Å². The monoisotopic (exact) mass is 309 g/mol. The van der Waals surface area contributed by atoms with Crippen LogP contribution >= 0.6 is 11.3 Å². The fourth-order valence-corrected chi connectivity index (χ4v) is 3.69. The molecule has 6 heteroatoms. The molecule has 0 aliphatic heterocycles. The van der Waals surface area contributed by atoms with Crippen LogP contribution in [0, 0.1) is 18.8 Å². The first-order valence-electron chi connectivity index (χ1n) is 7.63. The number of carbonyl (C=O) groups is 1. The zero-order valence-electron chi connectivity index (χ0n) is 12.6. The van der Waals surface area contributed by atoms with E-state index in [1.807, 2.05) is 19.2 Å². The zero-order chi connectivity index (χ0) is 15.0. The Hall–Kier alpha value is -1.14. The number of aromatic nitrogens is 1. The molecule has 21 heavy (non-hydrogen) atoms. The van der Waals surface area contributed by atoms with Gasteiger partial charge in [-0.1, -0.05) is 0 Å². The van der Waals surface area contributed by atoms with Crippen molar-refractivity contribution in [3.05, 3.63) is 16.1 Å². The molecule has 1 aromatic heterocycles. The molecule has 1 heterocycles. The van der Waals surface area contributed by atoms with Crippen molar-refractivity contribution in [2.24, 2.45) is 11.8 Å². The number of rotatable bonds is 6. The number of thiazole rings is 1. The molecule has 2 aliphatic rings. The van der Waals surface area contributed by atoms with E-state index in [1.165, 1.54) is 0 Å². The summed E-state index contributed by atoms with van der Waals surface area (Å²) < 4.78 is 0. The van der Waals surface area contributed by atoms with E-state index >= 15 is 0 Å². The predicted molar refractivity (Wildman–Crippen MR) is 82.2 cm³/mol. The summed E-state index contributed by atoms with van der Waals surface area (Å²) in [6.07, 6.45) is 4.44. The number of aliphatic hydroxyl groups is 1. The van der Waals surface area contributed by atoms with Crippen molar-refractivity contribution in [3.8, 4) is 0 Å². The van der Waals surface area contributed by atoms with Gasteiger partial charge in [0.2, 0.25) is 0 Å². The Morgan fingerprint density at radius 2 is 2.24 bits per heavy atom. The van der Waals surface area contributed by atoms with E-state index < -0.39 is 5.54 Å². The molecule has 0 radical (unpaired) electrons. The van der Waals surface area contributed by atoms with Crippen molar-refractivity contribution in [3.63, 3.8) is 0 Å². The summed E-state index contributed by atoms with van der Waals surface area (Å²) in [4.78, 5) is 16.8. The third kappa shape index (κ3) is 3.37. The molecule has 0 spiro atoms. The van der Waals surface area contributed by atoms with Crippen LogP contribution in [0.4, 0.5) is 4.79 Å². The molecule has 0 aromatic carbocycles. The Morgan fingerprint density at radius 1 is 1.52 bits per heavy atom. The highest BCUT2D eigenvalue weighted by atomic mass is 32.1. The van der Waals surface area contributed by atoms with Gasteiger partial charge in [0.05, 0.1) is 18.2 Å². The van der Waals surface area contributed by atoms with Crippen molar-refractivity contribution in [2.75, 3.05) is 6.61 Å². The summed E-state index contributed by atoms with van der Waals surface area (Å²) in [5, 5.41) is 18.6. The van der Waals surface area contributed by atoms with E-state index in [1.54, 1.807) is 11.3 Å². The number of nitrogens with one attached hydrogen (secondary N) is 2. The van der Waals surface area contributed by atoms with Gasteiger partial charge in [0.1, 0.15) is 5.01 Å². The zero-order valence-corrected chi connectivity index (χ0v) is 13.4. The number of carbonyl (C=O) groups excluding carboxylic acids is 1. The molecule has 2 fully saturated rings. The van der Waals surface area contributed by atoms with Crippen LogP contribution in [0.15, 0.2) is 5.38 Å². The van der Waals surface area contributed by atoms with Gasteiger partial charge in [0.25, 0.3) is 0 Å². The number of aliphatic hydroxyl groups excluding tert-OH is 1. The van der Waals surface area contributed by atoms with Gasteiger partial charge in [-0.2, -0.15) is 0 Å². The Balaban J connectivity index is 1.64. The lowest BCUT2D eigenvalue weighted by molar-refractivity contribution is 0.153. The summed E-state index contributed by atoms with van der Waals surface area (Å²) in [6, 6.07) is -0.186. The number of hydrogen-bond acceptors (Lipinski definition) is 4. The Bertz CT molecular complexity index is 525. The molecule has 3 rings (SSSR count). The number of aryl methyl sites for hydroxylation is 1. The Kier molecular flexibility index (Phi) is 3.92. The van der Waals surface area contributed by atoms with Crippen molar-refractivity contribution in [2.45, 2.75) is 51.1 Å². The third-order valence-corrected chi connectivity index (χ3v) is 5.53. The average Bonchev–Trinajstić information content (AvgIpc) is 3.34. The maximum absolute atomic E-state index is 12.3. The quantitative estimate of drug-likeness (QED) is 0.755. The number of urea groups is 1. The van der Waals surface area contributed by atoms with Gasteiger partial charge in [-0.25, -0.2) is 9.78 Å². The summed E-state index contributed by atoms with van der Waals surface area (Å²) >= 11 is 1.61. The molecule has 2 saturated carbocycles. The van der Waals surface area contributed by atoms with Crippen LogP contribution in [-0.2, 0) is 0 Å². The van der Waals surface area contributed by atoms with E-state index in [4.69, 9.17) is 0 Å². The van der Waals surface area contributed by atoms with E-state index in [2.05, 4.69) is 15.6 Å². The number of hydrogen-bond donors (Lipinski definition) is 3. The van der Waals surface area contributed by atoms with Crippen LogP contribution in [0.1, 0.15) is 49.4 Å². The Morgan fingerprint density at radius 3 is 2.71 bits per heavy atom. The first kappa shape index (κ1) is 14.8. The summed E-state index contributed by atoms with van der Waals surface area (Å²) in [5.41, 5.74) is 0.498. The molecule has 2 unspecified atom stereocenters. The van der Waals surface area contributed by atoms with Crippen molar-refractivity contribution < 1.29 is 9.90 Å². The van der Waals surface area contributed by atoms with Gasteiger partial charge in [-0.05, 0) is 51.4 Å². The van der Waals surface area contributed by atoms with Gasteiger partial charge >= 0.3 is 6.03 Å². The lowest BCUT2D eigenvalue weighted by atomic mass is 9.97. The molecule has 2 aliphatic carbocycles. The highest BCUT2D eigenvalue weighted by Crippen LogP contribution is 2.42. The van der Waals surface area contributed by atoms with Crippen molar-refractivity contribution in [1.82, 2.24) is 15.6 Å². The molecular formula is C15H23N3O2S. The molecular weight excluding hydrogens is 286 g/mol. The molecule has 2 amide bonds. The van der Waals surface area contributed by atoms with Crippen molar-refractivity contribution in [1.29, 1.82) is 0 Å². The normalized spacial score (nSPS) is 22.4. The second kappa shape index (κ2) is 5.57. The van der Waals surface area contributed by atoms with Crippen LogP contribution in [0.5, 0.6) is 0 Å². The van der Waals surface area contributed by atoms with E-state index in [0.717, 1.165) is 36.4 Å². The minimum absolute atomic E-state index is 0.00541. The van der Waals surface area contributed by atoms with Gasteiger partial charge in [0.15, 0.2) is 0 Å². The lowest BCUT2D eigenvalue weighted by Crippen LogP contribution is -2.54. The largest absolute Gasteiger partial charge is 0.394 e. The molecule has 3 N–H and O–H groups in total. The minimum atomic E-state index is -0.503. The molecule has 0 saturated heterocycles. The molecule has 0 bridgehead atoms. The summed E-state index contributed by atoms with van der Waals surface area (Å²) in [7, 11) is 0. The van der Waals surface area contributed by atoms with Crippen LogP contribution < -0.4 is 10.6 Å². The molecule has 116 valence electrons. The second-order valence-corrected chi connectivity index (χ2v) is 7.48. The topological polar surface area (TPSA) is 74.2 Å². The van der Waals surface area contributed by atoms with Crippen molar-refractivity contribution >= 4 is 17.4 Å².